The van der Waals surface area contributed by atoms with Crippen molar-refractivity contribution < 1.29 is 4.79 Å². The summed E-state index contributed by atoms with van der Waals surface area (Å²) in [6.07, 6.45) is 7.15. The van der Waals surface area contributed by atoms with Crippen LogP contribution in [-0.2, 0) is 4.79 Å². The van der Waals surface area contributed by atoms with E-state index in [1.807, 2.05) is 11.9 Å². The van der Waals surface area contributed by atoms with Crippen LogP contribution in [0.3, 0.4) is 0 Å². The third kappa shape index (κ3) is 3.11. The zero-order valence-electron chi connectivity index (χ0n) is 10.1. The first-order valence-corrected chi connectivity index (χ1v) is 6.26. The topological polar surface area (TPSA) is 32.3 Å². The number of likely N-dealkylation sites (N-methyl/N-ethyl adjacent to an activating group) is 1. The number of hydrogen-bond acceptors (Lipinski definition) is 2. The van der Waals surface area contributed by atoms with Crippen LogP contribution in [0.4, 0.5) is 0 Å². The van der Waals surface area contributed by atoms with Crippen LogP contribution in [0.15, 0.2) is 0 Å². The number of carbonyl (C=O) groups excluding carboxylic acids is 1. The Morgan fingerprint density at radius 1 is 1.19 bits per heavy atom. The summed E-state index contributed by atoms with van der Waals surface area (Å²) >= 11 is 0. The molecule has 1 saturated heterocycles. The van der Waals surface area contributed by atoms with Gasteiger partial charge in [0.05, 0.1) is 0 Å². The monoisotopic (exact) mass is 246 g/mol. The molecule has 0 aromatic heterocycles. The van der Waals surface area contributed by atoms with Gasteiger partial charge in [0.1, 0.15) is 0 Å². The van der Waals surface area contributed by atoms with Gasteiger partial charge in [-0.15, -0.1) is 12.4 Å². The zero-order valence-corrected chi connectivity index (χ0v) is 10.9. The Bertz CT molecular complexity index is 223. The average molecular weight is 247 g/mol. The van der Waals surface area contributed by atoms with E-state index in [-0.39, 0.29) is 12.4 Å². The van der Waals surface area contributed by atoms with Gasteiger partial charge >= 0.3 is 0 Å². The van der Waals surface area contributed by atoms with Gasteiger partial charge in [0.15, 0.2) is 0 Å². The lowest BCUT2D eigenvalue weighted by atomic mass is 9.88. The van der Waals surface area contributed by atoms with Crippen molar-refractivity contribution >= 4 is 18.3 Å². The molecule has 1 aliphatic heterocycles. The van der Waals surface area contributed by atoms with Crippen LogP contribution < -0.4 is 5.32 Å². The number of nitrogens with one attached hydrogen (secondary N) is 1. The molecule has 0 aromatic carbocycles. The number of nitrogens with zero attached hydrogens (tertiary/aromatic N) is 1. The van der Waals surface area contributed by atoms with Crippen molar-refractivity contribution in [1.82, 2.24) is 10.2 Å². The minimum atomic E-state index is 0. The number of amides is 1. The van der Waals surface area contributed by atoms with Gasteiger partial charge in [-0.3, -0.25) is 4.79 Å². The van der Waals surface area contributed by atoms with Gasteiger partial charge in [-0.1, -0.05) is 19.3 Å². The molecule has 0 spiro atoms. The van der Waals surface area contributed by atoms with Crippen LogP contribution >= 0.6 is 12.4 Å². The molecular weight excluding hydrogens is 224 g/mol. The molecule has 4 heteroatoms. The summed E-state index contributed by atoms with van der Waals surface area (Å²) in [6, 6.07) is 0.444. The molecule has 1 heterocycles. The Morgan fingerprint density at radius 2 is 1.88 bits per heavy atom. The second-order valence-electron chi connectivity index (χ2n) is 4.93. The maximum absolute atomic E-state index is 12.2. The first kappa shape index (κ1) is 13.8. The number of hydrogen-bond donors (Lipinski definition) is 1. The summed E-state index contributed by atoms with van der Waals surface area (Å²) in [7, 11) is 1.98. The van der Waals surface area contributed by atoms with E-state index in [9.17, 15) is 4.79 Å². The predicted octanol–water partition coefficient (Wildman–Crippen LogP) is 1.81. The van der Waals surface area contributed by atoms with Crippen LogP contribution in [0.1, 0.15) is 38.5 Å². The van der Waals surface area contributed by atoms with Crippen LogP contribution in [0.25, 0.3) is 0 Å². The number of rotatable bonds is 2. The lowest BCUT2D eigenvalue weighted by molar-refractivity contribution is -0.137. The smallest absolute Gasteiger partial charge is 0.225 e. The third-order valence-corrected chi connectivity index (χ3v) is 3.88. The SMILES string of the molecule is CN(C(=O)C1CCCCC1)C1CCNC1.Cl. The first-order valence-electron chi connectivity index (χ1n) is 6.26. The predicted molar refractivity (Wildman–Crippen MR) is 67.9 cm³/mol. The van der Waals surface area contributed by atoms with Gasteiger partial charge in [0.2, 0.25) is 5.91 Å². The molecule has 1 atom stereocenters. The molecule has 2 rings (SSSR count). The van der Waals surface area contributed by atoms with Crippen molar-refractivity contribution in [2.75, 3.05) is 20.1 Å². The molecule has 1 amide bonds. The number of halogens is 1. The third-order valence-electron chi connectivity index (χ3n) is 3.88. The summed E-state index contributed by atoms with van der Waals surface area (Å²) in [4.78, 5) is 14.2. The highest BCUT2D eigenvalue weighted by atomic mass is 35.5. The first-order chi connectivity index (χ1) is 7.29. The molecule has 2 fully saturated rings. The highest BCUT2D eigenvalue weighted by Crippen LogP contribution is 2.26. The van der Waals surface area contributed by atoms with Crippen LogP contribution in [0.5, 0.6) is 0 Å². The maximum Gasteiger partial charge on any atom is 0.225 e. The van der Waals surface area contributed by atoms with E-state index >= 15 is 0 Å². The van der Waals surface area contributed by atoms with Crippen LogP contribution in [0, 0.1) is 5.92 Å². The number of carbonyl (C=O) groups is 1. The van der Waals surface area contributed by atoms with Gasteiger partial charge < -0.3 is 10.2 Å². The molecule has 0 radical (unpaired) electrons. The highest BCUT2D eigenvalue weighted by Gasteiger charge is 2.29. The largest absolute Gasteiger partial charge is 0.341 e. The van der Waals surface area contributed by atoms with E-state index in [0.29, 0.717) is 17.9 Å². The standard InChI is InChI=1S/C12H22N2O.ClH/c1-14(11-7-8-13-9-11)12(15)10-5-3-2-4-6-10;/h10-11,13H,2-9H2,1H3;1H. The fourth-order valence-corrected chi connectivity index (χ4v) is 2.79. The molecule has 0 bridgehead atoms. The van der Waals surface area contributed by atoms with Crippen molar-refractivity contribution in [2.45, 2.75) is 44.6 Å². The molecule has 16 heavy (non-hydrogen) atoms. The van der Waals surface area contributed by atoms with Gasteiger partial charge in [0, 0.05) is 25.6 Å². The van der Waals surface area contributed by atoms with Crippen molar-refractivity contribution in [3.05, 3.63) is 0 Å². The fourth-order valence-electron chi connectivity index (χ4n) is 2.79. The summed E-state index contributed by atoms with van der Waals surface area (Å²) < 4.78 is 0. The van der Waals surface area contributed by atoms with E-state index in [2.05, 4.69) is 5.32 Å². The Kier molecular flexibility index (Phi) is 5.56. The Hall–Kier alpha value is -0.280. The van der Waals surface area contributed by atoms with E-state index in [1.165, 1.54) is 19.3 Å². The molecule has 2 aliphatic rings. The van der Waals surface area contributed by atoms with E-state index in [1.54, 1.807) is 0 Å². The molecular formula is C12H23ClN2O. The lowest BCUT2D eigenvalue weighted by Gasteiger charge is -2.30. The van der Waals surface area contributed by atoms with Crippen molar-refractivity contribution in [3.63, 3.8) is 0 Å². The summed E-state index contributed by atoms with van der Waals surface area (Å²) in [5.74, 6) is 0.716. The zero-order chi connectivity index (χ0) is 10.7. The minimum Gasteiger partial charge on any atom is -0.341 e. The van der Waals surface area contributed by atoms with Crippen molar-refractivity contribution in [2.24, 2.45) is 5.92 Å². The summed E-state index contributed by atoms with van der Waals surface area (Å²) in [5.41, 5.74) is 0. The maximum atomic E-state index is 12.2. The molecule has 1 aliphatic carbocycles. The average Bonchev–Trinajstić information content (AvgIpc) is 2.82. The van der Waals surface area contributed by atoms with E-state index in [4.69, 9.17) is 0 Å². The van der Waals surface area contributed by atoms with Gasteiger partial charge in [-0.2, -0.15) is 0 Å². The Balaban J connectivity index is 0.00000128. The van der Waals surface area contributed by atoms with E-state index in [0.717, 1.165) is 32.4 Å². The molecule has 1 unspecified atom stereocenters. The molecule has 3 nitrogen and oxygen atoms in total. The van der Waals surface area contributed by atoms with Crippen molar-refractivity contribution in [3.8, 4) is 0 Å². The quantitative estimate of drug-likeness (QED) is 0.806. The van der Waals surface area contributed by atoms with Crippen molar-refractivity contribution in [1.29, 1.82) is 0 Å². The second-order valence-corrected chi connectivity index (χ2v) is 4.93. The van der Waals surface area contributed by atoms with Gasteiger partial charge in [-0.05, 0) is 25.8 Å². The summed E-state index contributed by atoms with van der Waals surface area (Å²) in [6.45, 7) is 2.04. The van der Waals surface area contributed by atoms with Crippen LogP contribution in [-0.4, -0.2) is 37.0 Å². The molecule has 0 aromatic rings. The van der Waals surface area contributed by atoms with E-state index < -0.39 is 0 Å². The highest BCUT2D eigenvalue weighted by molar-refractivity contribution is 5.85. The van der Waals surface area contributed by atoms with Gasteiger partial charge in [0.25, 0.3) is 0 Å². The molecule has 1 N–H and O–H groups in total. The normalized spacial score (nSPS) is 26.2. The lowest BCUT2D eigenvalue weighted by Crippen LogP contribution is -2.42. The fraction of sp³-hybridized carbons (Fsp3) is 0.917. The molecule has 1 saturated carbocycles. The summed E-state index contributed by atoms with van der Waals surface area (Å²) in [5, 5.41) is 3.32. The van der Waals surface area contributed by atoms with Gasteiger partial charge in [-0.25, -0.2) is 0 Å². The molecule has 94 valence electrons. The minimum absolute atomic E-state index is 0. The second kappa shape index (κ2) is 6.45. The Labute approximate surface area is 104 Å². The Morgan fingerprint density at radius 3 is 2.44 bits per heavy atom. The van der Waals surface area contributed by atoms with Crippen LogP contribution in [0.2, 0.25) is 0 Å².